The summed E-state index contributed by atoms with van der Waals surface area (Å²) >= 11 is 0.905. The zero-order valence-corrected chi connectivity index (χ0v) is 10.3. The molecule has 0 fully saturated rings. The van der Waals surface area contributed by atoms with Crippen molar-refractivity contribution in [1.82, 2.24) is 0 Å². The van der Waals surface area contributed by atoms with Crippen LogP contribution < -0.4 is 0 Å². The van der Waals surface area contributed by atoms with E-state index in [9.17, 15) is 4.55 Å². The van der Waals surface area contributed by atoms with Gasteiger partial charge in [0.05, 0.1) is 12.5 Å². The predicted molar refractivity (Wildman–Crippen MR) is 69.8 cm³/mol. The van der Waals surface area contributed by atoms with Crippen LogP contribution in [0, 0.1) is 0 Å². The molecule has 1 aliphatic heterocycles. The minimum atomic E-state index is -0.611. The highest BCUT2D eigenvalue weighted by Crippen LogP contribution is 2.25. The summed E-state index contributed by atoms with van der Waals surface area (Å²) in [6.45, 7) is 0. The maximum absolute atomic E-state index is 9.56. The Labute approximate surface area is 97.8 Å². The molecule has 0 unspecified atom stereocenters. The van der Waals surface area contributed by atoms with Gasteiger partial charge in [-0.2, -0.15) is 0 Å². The van der Waals surface area contributed by atoms with E-state index in [-0.39, 0.29) is 0 Å². The van der Waals surface area contributed by atoms with E-state index in [1.165, 1.54) is 22.4 Å². The van der Waals surface area contributed by atoms with Crippen LogP contribution >= 0.6 is 11.9 Å². The normalized spacial score (nSPS) is 12.8. The number of rotatable bonds is 0. The molecule has 1 aliphatic rings. The highest BCUT2D eigenvalue weighted by Gasteiger charge is 1.98. The second-order valence-corrected chi connectivity index (χ2v) is 5.30. The van der Waals surface area contributed by atoms with Crippen LogP contribution in [-0.2, 0) is 11.2 Å². The van der Waals surface area contributed by atoms with Crippen molar-refractivity contribution in [3.8, 4) is 0 Å². The molecule has 80 valence electrons. The number of allylic oxidation sites excluding steroid dienone is 1. The standard InChI is InChI=1S/C9H7NS.C2H6OS/c1-2-6-9-8(4-1)5-3-7-10-11-9;1-4(2)3/h1-7H;1-2H3. The van der Waals surface area contributed by atoms with Crippen molar-refractivity contribution in [2.24, 2.45) is 4.40 Å². The van der Waals surface area contributed by atoms with Gasteiger partial charge in [0, 0.05) is 23.1 Å². The molecule has 0 N–H and O–H groups in total. The molecule has 0 bridgehead atoms. The Morgan fingerprint density at radius 2 is 1.93 bits per heavy atom. The number of hydrogen-bond acceptors (Lipinski definition) is 3. The van der Waals surface area contributed by atoms with Gasteiger partial charge in [-0.3, -0.25) is 0 Å². The first-order valence-corrected chi connectivity index (χ1v) is 7.15. The van der Waals surface area contributed by atoms with Crippen LogP contribution in [0.5, 0.6) is 0 Å². The van der Waals surface area contributed by atoms with Gasteiger partial charge in [-0.25, -0.2) is 4.40 Å². The Kier molecular flexibility index (Phi) is 5.53. The van der Waals surface area contributed by atoms with Crippen LogP contribution in [0.1, 0.15) is 5.56 Å². The van der Waals surface area contributed by atoms with Crippen LogP contribution in [0.25, 0.3) is 6.08 Å². The number of fused-ring (bicyclic) bond motifs is 1. The fourth-order valence-electron chi connectivity index (χ4n) is 0.970. The van der Waals surface area contributed by atoms with Crippen molar-refractivity contribution in [2.45, 2.75) is 4.90 Å². The molecule has 0 amide bonds. The Balaban J connectivity index is 0.000000245. The van der Waals surface area contributed by atoms with Crippen LogP contribution in [0.4, 0.5) is 0 Å². The first-order chi connectivity index (χ1) is 7.20. The monoisotopic (exact) mass is 239 g/mol. The van der Waals surface area contributed by atoms with Gasteiger partial charge in [0.25, 0.3) is 0 Å². The van der Waals surface area contributed by atoms with Gasteiger partial charge in [0.15, 0.2) is 0 Å². The molecular formula is C11H13NOS2. The van der Waals surface area contributed by atoms with Gasteiger partial charge in [-0.15, -0.1) is 0 Å². The molecule has 0 aromatic heterocycles. The van der Waals surface area contributed by atoms with E-state index in [0.717, 1.165) is 0 Å². The van der Waals surface area contributed by atoms with E-state index in [1.807, 2.05) is 24.4 Å². The fourth-order valence-corrected chi connectivity index (χ4v) is 1.60. The maximum atomic E-state index is 9.56. The lowest BCUT2D eigenvalue weighted by Gasteiger charge is -1.97. The van der Waals surface area contributed by atoms with Gasteiger partial charge in [0.2, 0.25) is 0 Å². The molecule has 0 saturated heterocycles. The molecule has 4 heteroatoms. The Morgan fingerprint density at radius 3 is 2.67 bits per heavy atom. The Bertz CT molecular complexity index is 359. The lowest BCUT2D eigenvalue weighted by molar-refractivity contribution is 0.606. The molecule has 1 aromatic carbocycles. The van der Waals surface area contributed by atoms with Crippen LogP contribution in [0.3, 0.4) is 0 Å². The maximum Gasteiger partial charge on any atom is 0.0946 e. The number of benzene rings is 1. The van der Waals surface area contributed by atoms with Crippen LogP contribution in [0.15, 0.2) is 39.6 Å². The summed E-state index contributed by atoms with van der Waals surface area (Å²) < 4.78 is 13.7. The summed E-state index contributed by atoms with van der Waals surface area (Å²) in [5.74, 6) is 0. The Hall–Kier alpha value is -0.710. The highest BCUT2D eigenvalue weighted by molar-refractivity contribution is 7.98. The number of nitrogens with zero attached hydrogens (tertiary/aromatic N) is 1. The van der Waals surface area contributed by atoms with Gasteiger partial charge in [-0.1, -0.05) is 35.5 Å². The molecule has 0 radical (unpaired) electrons. The predicted octanol–water partition coefficient (Wildman–Crippen LogP) is 2.79. The smallest absolute Gasteiger partial charge is 0.0946 e. The van der Waals surface area contributed by atoms with E-state index in [0.29, 0.717) is 0 Å². The summed E-state index contributed by atoms with van der Waals surface area (Å²) in [7, 11) is 0. The molecule has 2 nitrogen and oxygen atoms in total. The second kappa shape index (κ2) is 6.71. The van der Waals surface area contributed by atoms with Gasteiger partial charge < -0.3 is 4.55 Å². The third-order valence-electron chi connectivity index (χ3n) is 1.49. The first-order valence-electron chi connectivity index (χ1n) is 4.41. The SMILES string of the molecule is C1=Cc2ccccc2SN=C1.C[S+](C)[O-]. The summed E-state index contributed by atoms with van der Waals surface area (Å²) in [4.78, 5) is 1.22. The van der Waals surface area contributed by atoms with Crippen molar-refractivity contribution in [2.75, 3.05) is 12.5 Å². The second-order valence-electron chi connectivity index (χ2n) is 2.98. The third kappa shape index (κ3) is 5.06. The van der Waals surface area contributed by atoms with Crippen molar-refractivity contribution in [1.29, 1.82) is 0 Å². The van der Waals surface area contributed by atoms with Crippen molar-refractivity contribution in [3.05, 3.63) is 35.9 Å². The minimum absolute atomic E-state index is 0.611. The molecule has 0 atom stereocenters. The summed E-state index contributed by atoms with van der Waals surface area (Å²) in [5, 5.41) is 0. The largest absolute Gasteiger partial charge is 0.617 e. The fraction of sp³-hybridized carbons (Fsp3) is 0.182. The quantitative estimate of drug-likeness (QED) is 0.515. The molecule has 15 heavy (non-hydrogen) atoms. The number of hydrogen-bond donors (Lipinski definition) is 0. The molecule has 1 heterocycles. The van der Waals surface area contributed by atoms with E-state index < -0.39 is 11.2 Å². The van der Waals surface area contributed by atoms with Crippen molar-refractivity contribution < 1.29 is 4.55 Å². The van der Waals surface area contributed by atoms with Gasteiger partial charge >= 0.3 is 0 Å². The lowest BCUT2D eigenvalue weighted by atomic mass is 10.2. The van der Waals surface area contributed by atoms with E-state index in [2.05, 4.69) is 22.6 Å². The summed E-state index contributed by atoms with van der Waals surface area (Å²) in [6, 6.07) is 8.23. The van der Waals surface area contributed by atoms with Crippen LogP contribution in [0.2, 0.25) is 0 Å². The molecule has 1 aromatic rings. The first kappa shape index (κ1) is 12.4. The average molecular weight is 239 g/mol. The zero-order valence-electron chi connectivity index (χ0n) is 8.71. The molecule has 0 saturated carbocycles. The highest BCUT2D eigenvalue weighted by atomic mass is 32.2. The van der Waals surface area contributed by atoms with Gasteiger partial charge in [0.1, 0.15) is 0 Å². The molecule has 0 spiro atoms. The van der Waals surface area contributed by atoms with E-state index in [4.69, 9.17) is 0 Å². The topological polar surface area (TPSA) is 35.4 Å². The summed E-state index contributed by atoms with van der Waals surface area (Å²) in [6.07, 6.45) is 9.11. The van der Waals surface area contributed by atoms with E-state index in [1.54, 1.807) is 12.5 Å². The average Bonchev–Trinajstić information content (AvgIpc) is 2.41. The van der Waals surface area contributed by atoms with Crippen molar-refractivity contribution in [3.63, 3.8) is 0 Å². The third-order valence-corrected chi connectivity index (χ3v) is 2.29. The Morgan fingerprint density at radius 1 is 1.27 bits per heavy atom. The van der Waals surface area contributed by atoms with Crippen molar-refractivity contribution >= 4 is 35.4 Å². The minimum Gasteiger partial charge on any atom is -0.617 e. The van der Waals surface area contributed by atoms with Crippen LogP contribution in [-0.4, -0.2) is 23.3 Å². The van der Waals surface area contributed by atoms with Gasteiger partial charge in [-0.05, 0) is 17.7 Å². The summed E-state index contributed by atoms with van der Waals surface area (Å²) in [5.41, 5.74) is 1.25. The molecule has 0 aliphatic carbocycles. The molecule has 2 rings (SSSR count). The molecular weight excluding hydrogens is 226 g/mol. The zero-order chi connectivity index (χ0) is 11.1. The lowest BCUT2D eigenvalue weighted by Crippen LogP contribution is -1.86. The van der Waals surface area contributed by atoms with E-state index >= 15 is 0 Å².